The van der Waals surface area contributed by atoms with Crippen molar-refractivity contribution in [2.45, 2.75) is 17.4 Å². The first-order valence-corrected chi connectivity index (χ1v) is 8.17. The summed E-state index contributed by atoms with van der Waals surface area (Å²) in [6, 6.07) is 6.38. The summed E-state index contributed by atoms with van der Waals surface area (Å²) in [5.41, 5.74) is 6.53. The maximum absolute atomic E-state index is 11.9. The minimum atomic E-state index is -3.43. The lowest BCUT2D eigenvalue weighted by molar-refractivity contribution is -0.124. The largest absolute Gasteiger partial charge is 0.338 e. The van der Waals surface area contributed by atoms with E-state index >= 15 is 0 Å². The van der Waals surface area contributed by atoms with E-state index in [4.69, 9.17) is 5.73 Å². The summed E-state index contributed by atoms with van der Waals surface area (Å²) < 4.78 is 25.4. The lowest BCUT2D eigenvalue weighted by Crippen LogP contribution is -2.30. The number of nitrogens with two attached hydrogens (primary N) is 1. The molecule has 0 unspecified atom stereocenters. The van der Waals surface area contributed by atoms with Gasteiger partial charge in [-0.2, -0.15) is 0 Å². The molecule has 1 saturated heterocycles. The van der Waals surface area contributed by atoms with E-state index in [1.807, 2.05) is 0 Å². The molecule has 1 heterocycles. The zero-order valence-corrected chi connectivity index (χ0v) is 12.6. The molecule has 1 fully saturated rings. The maximum atomic E-state index is 11.9. The molecule has 0 aromatic heterocycles. The Morgan fingerprint density at radius 3 is 2.57 bits per heavy atom. The molecule has 0 spiro atoms. The van der Waals surface area contributed by atoms with Crippen LogP contribution in [0.25, 0.3) is 6.08 Å². The molecule has 1 atom stereocenters. The quantitative estimate of drug-likeness (QED) is 0.775. The van der Waals surface area contributed by atoms with Gasteiger partial charge in [0.1, 0.15) is 0 Å². The average Bonchev–Trinajstić information content (AvgIpc) is 2.92. The van der Waals surface area contributed by atoms with Crippen molar-refractivity contribution < 1.29 is 13.2 Å². The molecule has 21 heavy (non-hydrogen) atoms. The van der Waals surface area contributed by atoms with Gasteiger partial charge in [0.2, 0.25) is 15.9 Å². The van der Waals surface area contributed by atoms with Gasteiger partial charge in [0.25, 0.3) is 0 Å². The molecule has 7 heteroatoms. The van der Waals surface area contributed by atoms with E-state index in [2.05, 4.69) is 4.72 Å². The maximum Gasteiger partial charge on any atom is 0.246 e. The van der Waals surface area contributed by atoms with Gasteiger partial charge in [0.05, 0.1) is 4.90 Å². The van der Waals surface area contributed by atoms with Gasteiger partial charge in [0, 0.05) is 25.2 Å². The summed E-state index contributed by atoms with van der Waals surface area (Å²) in [5, 5.41) is 0. The molecule has 1 aromatic rings. The summed E-state index contributed by atoms with van der Waals surface area (Å²) in [4.78, 5) is 13.8. The van der Waals surface area contributed by atoms with E-state index in [1.54, 1.807) is 23.1 Å². The third-order valence-electron chi connectivity index (χ3n) is 3.41. The number of nitrogens with zero attached hydrogens (tertiary/aromatic N) is 1. The molecular formula is C14H19N3O3S. The number of likely N-dealkylation sites (tertiary alicyclic amines) is 1. The van der Waals surface area contributed by atoms with Crippen molar-refractivity contribution in [3.63, 3.8) is 0 Å². The number of hydrogen-bond acceptors (Lipinski definition) is 4. The van der Waals surface area contributed by atoms with Crippen LogP contribution in [0, 0.1) is 0 Å². The van der Waals surface area contributed by atoms with Crippen molar-refractivity contribution in [1.29, 1.82) is 0 Å². The molecule has 1 aliphatic heterocycles. The standard InChI is InChI=1S/C14H19N3O3S/c1-16-21(19,20)13-5-2-11(3-6-13)4-7-14(18)17-9-8-12(15)10-17/h2-7,12,16H,8-10,15H2,1H3/b7-4+/t12-/m0/s1. The normalized spacial score (nSPS) is 19.3. The van der Waals surface area contributed by atoms with Crippen molar-refractivity contribution in [3.8, 4) is 0 Å². The minimum Gasteiger partial charge on any atom is -0.338 e. The van der Waals surface area contributed by atoms with Crippen LogP contribution in [0.2, 0.25) is 0 Å². The number of nitrogens with one attached hydrogen (secondary N) is 1. The molecule has 1 amide bonds. The number of rotatable bonds is 4. The van der Waals surface area contributed by atoms with Gasteiger partial charge in [-0.25, -0.2) is 13.1 Å². The Morgan fingerprint density at radius 2 is 2.05 bits per heavy atom. The molecule has 0 radical (unpaired) electrons. The second-order valence-corrected chi connectivity index (χ2v) is 6.83. The highest BCUT2D eigenvalue weighted by Gasteiger charge is 2.21. The zero-order valence-electron chi connectivity index (χ0n) is 11.8. The molecule has 6 nitrogen and oxygen atoms in total. The van der Waals surface area contributed by atoms with Crippen LogP contribution in [0.5, 0.6) is 0 Å². The van der Waals surface area contributed by atoms with E-state index in [0.717, 1.165) is 12.0 Å². The van der Waals surface area contributed by atoms with Gasteiger partial charge in [0.15, 0.2) is 0 Å². The molecular weight excluding hydrogens is 290 g/mol. The molecule has 114 valence electrons. The summed E-state index contributed by atoms with van der Waals surface area (Å²) in [6.45, 7) is 1.27. The van der Waals surface area contributed by atoms with Crippen LogP contribution < -0.4 is 10.5 Å². The smallest absolute Gasteiger partial charge is 0.246 e. The number of sulfonamides is 1. The summed E-state index contributed by atoms with van der Waals surface area (Å²) in [5.74, 6) is -0.0742. The highest BCUT2D eigenvalue weighted by atomic mass is 32.2. The first-order chi connectivity index (χ1) is 9.92. The predicted octanol–water partition coefficient (Wildman–Crippen LogP) is 0.168. The Labute approximate surface area is 124 Å². The Bertz CT molecular complexity index is 638. The summed E-state index contributed by atoms with van der Waals surface area (Å²) in [6.07, 6.45) is 3.98. The predicted molar refractivity (Wildman–Crippen MR) is 80.9 cm³/mol. The fraction of sp³-hybridized carbons (Fsp3) is 0.357. The number of hydrogen-bond donors (Lipinski definition) is 2. The van der Waals surface area contributed by atoms with Crippen molar-refractivity contribution in [2.75, 3.05) is 20.1 Å². The topological polar surface area (TPSA) is 92.5 Å². The van der Waals surface area contributed by atoms with Crippen LogP contribution in [0.15, 0.2) is 35.2 Å². The molecule has 0 aliphatic carbocycles. The Hall–Kier alpha value is -1.70. The van der Waals surface area contributed by atoms with Crippen LogP contribution >= 0.6 is 0 Å². The highest BCUT2D eigenvalue weighted by Crippen LogP contribution is 2.12. The van der Waals surface area contributed by atoms with Crippen LogP contribution in [0.4, 0.5) is 0 Å². The van der Waals surface area contributed by atoms with E-state index < -0.39 is 10.0 Å². The fourth-order valence-corrected chi connectivity index (χ4v) is 2.87. The Morgan fingerprint density at radius 1 is 1.38 bits per heavy atom. The van der Waals surface area contributed by atoms with Gasteiger partial charge in [-0.1, -0.05) is 12.1 Å². The number of carbonyl (C=O) groups is 1. The molecule has 3 N–H and O–H groups in total. The van der Waals surface area contributed by atoms with Crippen LogP contribution in [-0.2, 0) is 14.8 Å². The lowest BCUT2D eigenvalue weighted by atomic mass is 10.2. The summed E-state index contributed by atoms with van der Waals surface area (Å²) >= 11 is 0. The van der Waals surface area contributed by atoms with Gasteiger partial charge in [-0.05, 0) is 37.2 Å². The lowest BCUT2D eigenvalue weighted by Gasteiger charge is -2.12. The molecule has 2 rings (SSSR count). The fourth-order valence-electron chi connectivity index (χ4n) is 2.14. The third-order valence-corrected chi connectivity index (χ3v) is 4.84. The third kappa shape index (κ3) is 3.90. The second kappa shape index (κ2) is 6.38. The van der Waals surface area contributed by atoms with Gasteiger partial charge in [-0.3, -0.25) is 4.79 Å². The Kier molecular flexibility index (Phi) is 4.76. The van der Waals surface area contributed by atoms with Crippen molar-refractivity contribution in [1.82, 2.24) is 9.62 Å². The van der Waals surface area contributed by atoms with Gasteiger partial charge < -0.3 is 10.6 Å². The van der Waals surface area contributed by atoms with E-state index in [-0.39, 0.29) is 16.8 Å². The number of carbonyl (C=O) groups excluding carboxylic acids is 1. The van der Waals surface area contributed by atoms with Crippen LogP contribution in [0.3, 0.4) is 0 Å². The number of amides is 1. The SMILES string of the molecule is CNS(=O)(=O)c1ccc(/C=C/C(=O)N2CC[C@H](N)C2)cc1. The van der Waals surface area contributed by atoms with Crippen LogP contribution in [-0.4, -0.2) is 45.4 Å². The first-order valence-electron chi connectivity index (χ1n) is 6.68. The van der Waals surface area contributed by atoms with Crippen molar-refractivity contribution in [2.24, 2.45) is 5.73 Å². The first kappa shape index (κ1) is 15.7. The van der Waals surface area contributed by atoms with Gasteiger partial charge in [-0.15, -0.1) is 0 Å². The van der Waals surface area contributed by atoms with Crippen LogP contribution in [0.1, 0.15) is 12.0 Å². The molecule has 0 saturated carbocycles. The van der Waals surface area contributed by atoms with E-state index in [1.165, 1.54) is 25.3 Å². The summed E-state index contributed by atoms with van der Waals surface area (Å²) in [7, 11) is -2.06. The minimum absolute atomic E-state index is 0.0633. The second-order valence-electron chi connectivity index (χ2n) is 4.94. The monoisotopic (exact) mass is 309 g/mol. The Balaban J connectivity index is 2.03. The molecule has 1 aliphatic rings. The van der Waals surface area contributed by atoms with Gasteiger partial charge >= 0.3 is 0 Å². The zero-order chi connectivity index (χ0) is 15.5. The van der Waals surface area contributed by atoms with Crippen molar-refractivity contribution >= 4 is 22.0 Å². The van der Waals surface area contributed by atoms with Crippen molar-refractivity contribution in [3.05, 3.63) is 35.9 Å². The molecule has 0 bridgehead atoms. The number of benzene rings is 1. The van der Waals surface area contributed by atoms with E-state index in [0.29, 0.717) is 13.1 Å². The molecule has 1 aromatic carbocycles. The van der Waals surface area contributed by atoms with E-state index in [9.17, 15) is 13.2 Å². The average molecular weight is 309 g/mol. The highest BCUT2D eigenvalue weighted by molar-refractivity contribution is 7.89.